The van der Waals surface area contributed by atoms with Crippen LogP contribution in [0.3, 0.4) is 0 Å². The molecule has 0 unspecified atom stereocenters. The molecule has 0 amide bonds. The van der Waals surface area contributed by atoms with Crippen molar-refractivity contribution in [3.63, 3.8) is 0 Å². The molecule has 0 spiro atoms. The fraction of sp³-hybridized carbons (Fsp3) is 0.235. The molecule has 0 heterocycles. The number of benzene rings is 2. The molecular weight excluding hydrogens is 284 g/mol. The Bertz CT molecular complexity index is 638. The number of aliphatic carboxylic acids is 1. The average Bonchev–Trinajstić information content (AvgIpc) is 2.54. The second-order valence-electron chi connectivity index (χ2n) is 4.64. The summed E-state index contributed by atoms with van der Waals surface area (Å²) in [6.07, 6.45) is -0.806. The fourth-order valence-corrected chi connectivity index (χ4v) is 2.09. The Balaban J connectivity index is 2.18. The van der Waals surface area contributed by atoms with Crippen LogP contribution < -0.4 is 14.2 Å². The van der Waals surface area contributed by atoms with Crippen molar-refractivity contribution in [1.29, 1.82) is 0 Å². The third kappa shape index (κ3) is 3.91. The zero-order valence-electron chi connectivity index (χ0n) is 12.5. The summed E-state index contributed by atoms with van der Waals surface area (Å²) in [7, 11) is 3.10. The van der Waals surface area contributed by atoms with Gasteiger partial charge in [-0.1, -0.05) is 24.3 Å². The van der Waals surface area contributed by atoms with E-state index in [9.17, 15) is 9.90 Å². The highest BCUT2D eigenvalue weighted by Crippen LogP contribution is 2.23. The number of rotatable bonds is 7. The lowest BCUT2D eigenvalue weighted by Gasteiger charge is -2.17. The van der Waals surface area contributed by atoms with Crippen molar-refractivity contribution in [1.82, 2.24) is 0 Å². The van der Waals surface area contributed by atoms with Gasteiger partial charge in [-0.25, -0.2) is 4.79 Å². The van der Waals surface area contributed by atoms with E-state index in [2.05, 4.69) is 0 Å². The quantitative estimate of drug-likeness (QED) is 0.852. The number of carboxylic acid groups (broad SMARTS) is 1. The van der Waals surface area contributed by atoms with E-state index in [1.807, 2.05) is 18.2 Å². The summed E-state index contributed by atoms with van der Waals surface area (Å²) >= 11 is 0. The van der Waals surface area contributed by atoms with Crippen LogP contribution in [0, 0.1) is 0 Å². The molecule has 0 aliphatic heterocycles. The monoisotopic (exact) mass is 302 g/mol. The largest absolute Gasteiger partial charge is 0.497 e. The third-order valence-corrected chi connectivity index (χ3v) is 3.19. The van der Waals surface area contributed by atoms with Gasteiger partial charge in [-0.2, -0.15) is 0 Å². The molecule has 2 aromatic rings. The van der Waals surface area contributed by atoms with Crippen LogP contribution in [0.15, 0.2) is 48.5 Å². The minimum atomic E-state index is -1.03. The van der Waals surface area contributed by atoms with Gasteiger partial charge in [0.2, 0.25) is 0 Å². The van der Waals surface area contributed by atoms with Gasteiger partial charge in [-0.15, -0.1) is 0 Å². The molecule has 22 heavy (non-hydrogen) atoms. The molecule has 5 nitrogen and oxygen atoms in total. The van der Waals surface area contributed by atoms with Crippen molar-refractivity contribution < 1.29 is 24.1 Å². The van der Waals surface area contributed by atoms with Crippen LogP contribution in [-0.2, 0) is 11.2 Å². The predicted octanol–water partition coefficient (Wildman–Crippen LogP) is 2.78. The van der Waals surface area contributed by atoms with Crippen LogP contribution in [-0.4, -0.2) is 31.4 Å². The van der Waals surface area contributed by atoms with E-state index in [-0.39, 0.29) is 6.42 Å². The van der Waals surface area contributed by atoms with Gasteiger partial charge in [0.25, 0.3) is 0 Å². The molecule has 0 radical (unpaired) electrons. The number of para-hydroxylation sites is 1. The Morgan fingerprint density at radius 1 is 1.05 bits per heavy atom. The van der Waals surface area contributed by atoms with Crippen LogP contribution in [0.4, 0.5) is 0 Å². The molecule has 0 aliphatic carbocycles. The topological polar surface area (TPSA) is 65.0 Å². The molecule has 1 N–H and O–H groups in total. The molecule has 0 saturated heterocycles. The Labute approximate surface area is 129 Å². The molecule has 0 aliphatic rings. The molecule has 0 aromatic heterocycles. The summed E-state index contributed by atoms with van der Waals surface area (Å²) in [4.78, 5) is 11.5. The predicted molar refractivity (Wildman–Crippen MR) is 81.7 cm³/mol. The standard InChI is InChI=1S/C17H18O5/c1-20-13-7-5-8-14(11-13)22-16(17(18)19)10-12-6-3-4-9-15(12)21-2/h3-9,11,16H,10H2,1-2H3,(H,18,19)/t16-/m1/s1. The van der Waals surface area contributed by atoms with Gasteiger partial charge in [-0.05, 0) is 23.8 Å². The second-order valence-corrected chi connectivity index (χ2v) is 4.64. The number of hydrogen-bond donors (Lipinski definition) is 1. The van der Waals surface area contributed by atoms with E-state index in [0.29, 0.717) is 17.2 Å². The molecule has 1 atom stereocenters. The molecule has 2 rings (SSSR count). The summed E-state index contributed by atoms with van der Waals surface area (Å²) in [5, 5.41) is 9.39. The van der Waals surface area contributed by atoms with Crippen LogP contribution >= 0.6 is 0 Å². The van der Waals surface area contributed by atoms with Gasteiger partial charge < -0.3 is 19.3 Å². The Morgan fingerprint density at radius 3 is 2.45 bits per heavy atom. The minimum absolute atomic E-state index is 0.205. The Kier molecular flexibility index (Phi) is 5.25. The molecular formula is C17H18O5. The van der Waals surface area contributed by atoms with Gasteiger partial charge in [0.05, 0.1) is 14.2 Å². The highest BCUT2D eigenvalue weighted by atomic mass is 16.5. The lowest BCUT2D eigenvalue weighted by Crippen LogP contribution is -2.29. The number of carboxylic acids is 1. The maximum Gasteiger partial charge on any atom is 0.345 e. The lowest BCUT2D eigenvalue weighted by atomic mass is 10.1. The van der Waals surface area contributed by atoms with Gasteiger partial charge in [0.1, 0.15) is 17.2 Å². The Hall–Kier alpha value is -2.69. The van der Waals surface area contributed by atoms with Crippen molar-refractivity contribution in [3.8, 4) is 17.2 Å². The summed E-state index contributed by atoms with van der Waals surface area (Å²) < 4.78 is 15.9. The zero-order chi connectivity index (χ0) is 15.9. The third-order valence-electron chi connectivity index (χ3n) is 3.19. The van der Waals surface area contributed by atoms with Crippen molar-refractivity contribution in [2.24, 2.45) is 0 Å². The number of methoxy groups -OCH3 is 2. The first kappa shape index (κ1) is 15.7. The fourth-order valence-electron chi connectivity index (χ4n) is 2.09. The summed E-state index contributed by atoms with van der Waals surface area (Å²) in [6.45, 7) is 0. The maximum atomic E-state index is 11.5. The highest BCUT2D eigenvalue weighted by Gasteiger charge is 2.22. The van der Waals surface area contributed by atoms with Crippen molar-refractivity contribution in [2.75, 3.05) is 14.2 Å². The minimum Gasteiger partial charge on any atom is -0.497 e. The van der Waals surface area contributed by atoms with E-state index < -0.39 is 12.1 Å². The van der Waals surface area contributed by atoms with E-state index >= 15 is 0 Å². The van der Waals surface area contributed by atoms with Crippen LogP contribution in [0.2, 0.25) is 0 Å². The molecule has 116 valence electrons. The molecule has 0 saturated carbocycles. The smallest absolute Gasteiger partial charge is 0.345 e. The lowest BCUT2D eigenvalue weighted by molar-refractivity contribution is -0.145. The van der Waals surface area contributed by atoms with Gasteiger partial charge in [0.15, 0.2) is 6.10 Å². The van der Waals surface area contributed by atoms with E-state index in [0.717, 1.165) is 5.56 Å². The van der Waals surface area contributed by atoms with E-state index in [4.69, 9.17) is 14.2 Å². The molecule has 2 aromatic carbocycles. The van der Waals surface area contributed by atoms with Gasteiger partial charge in [-0.3, -0.25) is 0 Å². The molecule has 0 fully saturated rings. The van der Waals surface area contributed by atoms with E-state index in [1.54, 1.807) is 44.6 Å². The molecule has 0 bridgehead atoms. The maximum absolute atomic E-state index is 11.5. The summed E-state index contributed by atoms with van der Waals surface area (Å²) in [5.41, 5.74) is 0.778. The second kappa shape index (κ2) is 7.36. The van der Waals surface area contributed by atoms with Crippen LogP contribution in [0.1, 0.15) is 5.56 Å². The van der Waals surface area contributed by atoms with Crippen molar-refractivity contribution >= 4 is 5.97 Å². The van der Waals surface area contributed by atoms with Gasteiger partial charge >= 0.3 is 5.97 Å². The van der Waals surface area contributed by atoms with Gasteiger partial charge in [0, 0.05) is 12.5 Å². The summed E-state index contributed by atoms with van der Waals surface area (Å²) in [6, 6.07) is 14.1. The normalized spacial score (nSPS) is 11.5. The van der Waals surface area contributed by atoms with Crippen molar-refractivity contribution in [3.05, 3.63) is 54.1 Å². The van der Waals surface area contributed by atoms with Crippen LogP contribution in [0.5, 0.6) is 17.2 Å². The van der Waals surface area contributed by atoms with Crippen molar-refractivity contribution in [2.45, 2.75) is 12.5 Å². The van der Waals surface area contributed by atoms with Crippen LogP contribution in [0.25, 0.3) is 0 Å². The Morgan fingerprint density at radius 2 is 1.77 bits per heavy atom. The first-order chi connectivity index (χ1) is 10.6. The first-order valence-corrected chi connectivity index (χ1v) is 6.79. The highest BCUT2D eigenvalue weighted by molar-refractivity contribution is 5.73. The number of hydrogen-bond acceptors (Lipinski definition) is 4. The molecule has 5 heteroatoms. The number of ether oxygens (including phenoxy) is 3. The zero-order valence-corrected chi connectivity index (χ0v) is 12.5. The number of carbonyl (C=O) groups is 1. The first-order valence-electron chi connectivity index (χ1n) is 6.79. The average molecular weight is 302 g/mol. The van der Waals surface area contributed by atoms with E-state index in [1.165, 1.54) is 0 Å². The SMILES string of the molecule is COc1cccc(O[C@H](Cc2ccccc2OC)C(=O)O)c1. The summed E-state index contributed by atoms with van der Waals surface area (Å²) in [5.74, 6) is 0.664.